The fourth-order valence-electron chi connectivity index (χ4n) is 5.07. The number of carbonyl (C=O) groups is 1. The predicted octanol–water partition coefficient (Wildman–Crippen LogP) is 5.23. The van der Waals surface area contributed by atoms with Crippen LogP contribution in [0.1, 0.15) is 12.5 Å². The third kappa shape index (κ3) is 5.21. The standard InChI is InChI=1S/C31H32N8O2/c1-19-14-22(6-10-27(19)41-23-7-9-26-21(15-23)16-34-38(26)5)35-30-29-25(32-18-33-30)8-11-28(36-29)39-17-20(2)24(31(39)40)12-13-37(3)4/h6-12,14-16,18,20H,13,17H2,1-5H3,(H,32,33,35)/b24-12+/t20-/m1/s1. The molecule has 1 N–H and O–H groups in total. The van der Waals surface area contributed by atoms with Gasteiger partial charge in [0.05, 0.1) is 17.2 Å². The zero-order valence-corrected chi connectivity index (χ0v) is 23.8. The second kappa shape index (κ2) is 10.6. The van der Waals surface area contributed by atoms with Gasteiger partial charge in [-0.05, 0) is 75.1 Å². The number of fused-ring (bicyclic) bond motifs is 2. The van der Waals surface area contributed by atoms with Crippen molar-refractivity contribution in [1.82, 2.24) is 29.6 Å². The quantitative estimate of drug-likeness (QED) is 0.276. The average molecular weight is 549 g/mol. The molecule has 0 spiro atoms. The number of likely N-dealkylation sites (N-methyl/N-ethyl adjacent to an activating group) is 1. The van der Waals surface area contributed by atoms with Crippen LogP contribution in [0.3, 0.4) is 0 Å². The van der Waals surface area contributed by atoms with E-state index < -0.39 is 0 Å². The number of hydrogen-bond donors (Lipinski definition) is 1. The zero-order valence-electron chi connectivity index (χ0n) is 23.8. The van der Waals surface area contributed by atoms with Crippen LogP contribution in [0.2, 0.25) is 0 Å². The van der Waals surface area contributed by atoms with Gasteiger partial charge in [0, 0.05) is 42.7 Å². The first kappa shape index (κ1) is 26.4. The molecule has 1 aliphatic heterocycles. The number of amides is 1. The summed E-state index contributed by atoms with van der Waals surface area (Å²) < 4.78 is 8.02. The lowest BCUT2D eigenvalue weighted by atomic mass is 10.0. The van der Waals surface area contributed by atoms with E-state index in [1.54, 1.807) is 4.90 Å². The van der Waals surface area contributed by atoms with Crippen LogP contribution in [0.5, 0.6) is 11.5 Å². The second-order valence-electron chi connectivity index (χ2n) is 10.7. The fourth-order valence-corrected chi connectivity index (χ4v) is 5.07. The number of hydrogen-bond acceptors (Lipinski definition) is 8. The highest BCUT2D eigenvalue weighted by atomic mass is 16.5. The molecular weight excluding hydrogens is 516 g/mol. The molecule has 208 valence electrons. The van der Waals surface area contributed by atoms with Crippen molar-refractivity contribution in [3.8, 4) is 11.5 Å². The molecule has 1 fully saturated rings. The summed E-state index contributed by atoms with van der Waals surface area (Å²) in [5.74, 6) is 2.77. The summed E-state index contributed by atoms with van der Waals surface area (Å²) in [7, 11) is 5.90. The van der Waals surface area contributed by atoms with Crippen LogP contribution >= 0.6 is 0 Å². The number of aryl methyl sites for hydroxylation is 2. The largest absolute Gasteiger partial charge is 0.457 e. The van der Waals surface area contributed by atoms with Crippen molar-refractivity contribution in [2.75, 3.05) is 37.4 Å². The predicted molar refractivity (Wildman–Crippen MR) is 161 cm³/mol. The summed E-state index contributed by atoms with van der Waals surface area (Å²) >= 11 is 0. The van der Waals surface area contributed by atoms with E-state index in [1.807, 2.05) is 98.5 Å². The molecule has 1 saturated heterocycles. The van der Waals surface area contributed by atoms with Gasteiger partial charge in [0.2, 0.25) is 0 Å². The summed E-state index contributed by atoms with van der Waals surface area (Å²) in [6.45, 7) is 5.37. The molecule has 10 nitrogen and oxygen atoms in total. The Hall–Kier alpha value is -4.83. The minimum atomic E-state index is -0.00792. The van der Waals surface area contributed by atoms with Crippen molar-refractivity contribution in [2.24, 2.45) is 13.0 Å². The molecular formula is C31H32N8O2. The van der Waals surface area contributed by atoms with Crippen LogP contribution in [0.4, 0.5) is 17.3 Å². The molecule has 41 heavy (non-hydrogen) atoms. The lowest BCUT2D eigenvalue weighted by Crippen LogP contribution is -2.26. The zero-order chi connectivity index (χ0) is 28.7. The summed E-state index contributed by atoms with van der Waals surface area (Å²) in [6, 6.07) is 15.5. The molecule has 4 heterocycles. The van der Waals surface area contributed by atoms with Crippen LogP contribution in [0, 0.1) is 12.8 Å². The monoisotopic (exact) mass is 548 g/mol. The lowest BCUT2D eigenvalue weighted by Gasteiger charge is -2.16. The third-order valence-electron chi connectivity index (χ3n) is 7.28. The van der Waals surface area contributed by atoms with Gasteiger partial charge in [0.1, 0.15) is 29.2 Å². The molecule has 6 rings (SSSR count). The van der Waals surface area contributed by atoms with Crippen molar-refractivity contribution in [3.63, 3.8) is 0 Å². The molecule has 2 aromatic carbocycles. The number of ether oxygens (including phenoxy) is 1. The Morgan fingerprint density at radius 3 is 2.78 bits per heavy atom. The molecule has 1 atom stereocenters. The van der Waals surface area contributed by atoms with E-state index in [4.69, 9.17) is 9.72 Å². The lowest BCUT2D eigenvalue weighted by molar-refractivity contribution is -0.114. The summed E-state index contributed by atoms with van der Waals surface area (Å²) in [6.07, 6.45) is 5.35. The van der Waals surface area contributed by atoms with Crippen LogP contribution in [-0.4, -0.2) is 62.7 Å². The topological polar surface area (TPSA) is 101 Å². The van der Waals surface area contributed by atoms with E-state index in [0.717, 1.165) is 45.8 Å². The van der Waals surface area contributed by atoms with Gasteiger partial charge in [-0.3, -0.25) is 14.4 Å². The van der Waals surface area contributed by atoms with Gasteiger partial charge in [-0.25, -0.2) is 15.0 Å². The Labute approximate surface area is 238 Å². The maximum Gasteiger partial charge on any atom is 0.255 e. The maximum atomic E-state index is 13.2. The molecule has 0 radical (unpaired) electrons. The minimum Gasteiger partial charge on any atom is -0.457 e. The average Bonchev–Trinajstić information content (AvgIpc) is 3.46. The first-order valence-corrected chi connectivity index (χ1v) is 13.5. The molecule has 0 aliphatic carbocycles. The number of carbonyl (C=O) groups excluding carboxylic acids is 1. The van der Waals surface area contributed by atoms with Crippen LogP contribution in [0.25, 0.3) is 21.9 Å². The minimum absolute atomic E-state index is 0.00792. The molecule has 1 aliphatic rings. The Morgan fingerprint density at radius 2 is 1.98 bits per heavy atom. The van der Waals surface area contributed by atoms with Gasteiger partial charge in [-0.15, -0.1) is 0 Å². The SMILES string of the molecule is Cc1cc(Nc2ncnc3ccc(N4C[C@@H](C)/C(=C\CN(C)C)C4=O)nc23)ccc1Oc1ccc2c(cnn2C)c1. The molecule has 5 aromatic rings. The molecule has 0 saturated carbocycles. The van der Waals surface area contributed by atoms with E-state index in [2.05, 4.69) is 27.3 Å². The second-order valence-corrected chi connectivity index (χ2v) is 10.7. The van der Waals surface area contributed by atoms with Gasteiger partial charge >= 0.3 is 0 Å². The third-order valence-corrected chi connectivity index (χ3v) is 7.28. The number of anilines is 3. The van der Waals surface area contributed by atoms with E-state index in [0.29, 0.717) is 29.2 Å². The molecule has 0 unspecified atom stereocenters. The van der Waals surface area contributed by atoms with E-state index in [-0.39, 0.29) is 11.8 Å². The molecule has 1 amide bonds. The molecule has 10 heteroatoms. The number of pyridine rings is 1. The van der Waals surface area contributed by atoms with Gasteiger partial charge in [-0.1, -0.05) is 13.0 Å². The Morgan fingerprint density at radius 1 is 1.12 bits per heavy atom. The Bertz CT molecular complexity index is 1810. The number of benzene rings is 2. The van der Waals surface area contributed by atoms with Gasteiger partial charge < -0.3 is 15.0 Å². The van der Waals surface area contributed by atoms with Gasteiger partial charge in [0.25, 0.3) is 5.91 Å². The number of nitrogens with one attached hydrogen (secondary N) is 1. The first-order valence-electron chi connectivity index (χ1n) is 13.5. The van der Waals surface area contributed by atoms with E-state index in [1.165, 1.54) is 6.33 Å². The Kier molecular flexibility index (Phi) is 6.84. The smallest absolute Gasteiger partial charge is 0.255 e. The van der Waals surface area contributed by atoms with Crippen LogP contribution in [0.15, 0.2) is 72.7 Å². The number of rotatable bonds is 7. The highest BCUT2D eigenvalue weighted by Gasteiger charge is 2.34. The maximum absolute atomic E-state index is 13.2. The summed E-state index contributed by atoms with van der Waals surface area (Å²) in [4.78, 5) is 30.7. The van der Waals surface area contributed by atoms with Gasteiger partial charge in [0.15, 0.2) is 5.82 Å². The van der Waals surface area contributed by atoms with Crippen LogP contribution in [-0.2, 0) is 11.8 Å². The highest BCUT2D eigenvalue weighted by molar-refractivity contribution is 6.08. The van der Waals surface area contributed by atoms with Gasteiger partial charge in [-0.2, -0.15) is 5.10 Å². The van der Waals surface area contributed by atoms with Crippen molar-refractivity contribution in [3.05, 3.63) is 78.3 Å². The van der Waals surface area contributed by atoms with Crippen molar-refractivity contribution < 1.29 is 9.53 Å². The fraction of sp³-hybridized carbons (Fsp3) is 0.258. The number of nitrogens with zero attached hydrogens (tertiary/aromatic N) is 7. The summed E-state index contributed by atoms with van der Waals surface area (Å²) in [5.41, 5.74) is 4.95. The number of aromatic nitrogens is 5. The normalized spacial score (nSPS) is 16.4. The van der Waals surface area contributed by atoms with E-state index >= 15 is 0 Å². The molecule has 0 bridgehead atoms. The molecule has 3 aromatic heterocycles. The summed E-state index contributed by atoms with van der Waals surface area (Å²) in [5, 5.41) is 8.71. The highest BCUT2D eigenvalue weighted by Crippen LogP contribution is 2.33. The first-order chi connectivity index (χ1) is 19.8. The Balaban J connectivity index is 1.24. The van der Waals surface area contributed by atoms with Crippen LogP contribution < -0.4 is 15.0 Å². The van der Waals surface area contributed by atoms with Crippen molar-refractivity contribution in [1.29, 1.82) is 0 Å². The van der Waals surface area contributed by atoms with E-state index in [9.17, 15) is 4.79 Å². The van der Waals surface area contributed by atoms with Crippen molar-refractivity contribution in [2.45, 2.75) is 13.8 Å². The van der Waals surface area contributed by atoms with Crippen molar-refractivity contribution >= 4 is 45.2 Å².